The zero-order valence-corrected chi connectivity index (χ0v) is 12.4. The number of ether oxygens (including phenoxy) is 1. The van der Waals surface area contributed by atoms with Gasteiger partial charge in [-0.2, -0.15) is 0 Å². The Bertz CT molecular complexity index is 411. The first-order chi connectivity index (χ1) is 9.10. The zero-order valence-electron chi connectivity index (χ0n) is 12.4. The van der Waals surface area contributed by atoms with Gasteiger partial charge in [0, 0.05) is 24.8 Å². The van der Waals surface area contributed by atoms with E-state index in [9.17, 15) is 0 Å². The van der Waals surface area contributed by atoms with Crippen LogP contribution in [0.5, 0.6) is 5.75 Å². The molecule has 1 aliphatic rings. The topological polar surface area (TPSA) is 38.5 Å². The number of hydrogen-bond donors (Lipinski definition) is 1. The van der Waals surface area contributed by atoms with Crippen molar-refractivity contribution in [2.24, 2.45) is 5.73 Å². The maximum Gasteiger partial charge on any atom is 0.120 e. The summed E-state index contributed by atoms with van der Waals surface area (Å²) in [4.78, 5) is 2.44. The SMILES string of the molecule is CCC(C)Oc1ccc(N2CCC(N)CC2)c(C)c1. The third-order valence-electron chi connectivity index (χ3n) is 3.96. The average Bonchev–Trinajstić information content (AvgIpc) is 2.40. The lowest BCUT2D eigenvalue weighted by atomic mass is 10.0. The van der Waals surface area contributed by atoms with E-state index in [-0.39, 0.29) is 6.10 Å². The summed E-state index contributed by atoms with van der Waals surface area (Å²) in [6.45, 7) is 8.53. The van der Waals surface area contributed by atoms with Crippen molar-refractivity contribution < 1.29 is 4.74 Å². The van der Waals surface area contributed by atoms with E-state index in [0.717, 1.165) is 38.1 Å². The maximum atomic E-state index is 5.96. The monoisotopic (exact) mass is 262 g/mol. The van der Waals surface area contributed by atoms with Gasteiger partial charge in [0.2, 0.25) is 0 Å². The maximum absolute atomic E-state index is 5.96. The Morgan fingerprint density at radius 3 is 2.63 bits per heavy atom. The number of benzene rings is 1. The summed E-state index contributed by atoms with van der Waals surface area (Å²) in [5.41, 5.74) is 8.57. The zero-order chi connectivity index (χ0) is 13.8. The van der Waals surface area contributed by atoms with Crippen LogP contribution in [-0.2, 0) is 0 Å². The summed E-state index contributed by atoms with van der Waals surface area (Å²) in [6, 6.07) is 6.80. The van der Waals surface area contributed by atoms with E-state index in [0.29, 0.717) is 6.04 Å². The molecule has 0 bridgehead atoms. The van der Waals surface area contributed by atoms with Gasteiger partial charge in [0.15, 0.2) is 0 Å². The van der Waals surface area contributed by atoms with Crippen LogP contribution < -0.4 is 15.4 Å². The Morgan fingerprint density at radius 2 is 2.05 bits per heavy atom. The third-order valence-corrected chi connectivity index (χ3v) is 3.96. The molecule has 1 saturated heterocycles. The summed E-state index contributed by atoms with van der Waals surface area (Å²) in [5.74, 6) is 0.976. The Morgan fingerprint density at radius 1 is 1.37 bits per heavy atom. The molecule has 1 atom stereocenters. The van der Waals surface area contributed by atoms with Gasteiger partial charge in [0.1, 0.15) is 5.75 Å². The molecule has 106 valence electrons. The van der Waals surface area contributed by atoms with Gasteiger partial charge in [-0.25, -0.2) is 0 Å². The van der Waals surface area contributed by atoms with Crippen LogP contribution in [0.3, 0.4) is 0 Å². The fraction of sp³-hybridized carbons (Fsp3) is 0.625. The van der Waals surface area contributed by atoms with Gasteiger partial charge in [-0.05, 0) is 56.9 Å². The Hall–Kier alpha value is -1.22. The molecule has 1 aromatic rings. The molecular formula is C16H26N2O. The number of piperidine rings is 1. The summed E-state index contributed by atoms with van der Waals surface area (Å²) in [6.07, 6.45) is 3.48. The van der Waals surface area contributed by atoms with Crippen LogP contribution in [0.4, 0.5) is 5.69 Å². The van der Waals surface area contributed by atoms with E-state index in [2.05, 4.69) is 43.9 Å². The smallest absolute Gasteiger partial charge is 0.120 e. The second-order valence-corrected chi connectivity index (χ2v) is 5.61. The Kier molecular flexibility index (Phi) is 4.70. The molecule has 0 aromatic heterocycles. The van der Waals surface area contributed by atoms with Gasteiger partial charge in [-0.15, -0.1) is 0 Å². The lowest BCUT2D eigenvalue weighted by molar-refractivity contribution is 0.217. The molecule has 3 heteroatoms. The van der Waals surface area contributed by atoms with Crippen molar-refractivity contribution in [3.63, 3.8) is 0 Å². The number of nitrogens with two attached hydrogens (primary N) is 1. The van der Waals surface area contributed by atoms with Crippen molar-refractivity contribution >= 4 is 5.69 Å². The van der Waals surface area contributed by atoms with E-state index >= 15 is 0 Å². The van der Waals surface area contributed by atoms with Crippen LogP contribution in [0.25, 0.3) is 0 Å². The number of aryl methyl sites for hydroxylation is 1. The number of anilines is 1. The first-order valence-corrected chi connectivity index (χ1v) is 7.38. The van der Waals surface area contributed by atoms with Crippen molar-refractivity contribution in [3.8, 4) is 5.75 Å². The largest absolute Gasteiger partial charge is 0.491 e. The highest BCUT2D eigenvalue weighted by atomic mass is 16.5. The summed E-state index contributed by atoms with van der Waals surface area (Å²) >= 11 is 0. The highest BCUT2D eigenvalue weighted by Gasteiger charge is 2.17. The second-order valence-electron chi connectivity index (χ2n) is 5.61. The van der Waals surface area contributed by atoms with Gasteiger partial charge in [0.25, 0.3) is 0 Å². The fourth-order valence-corrected chi connectivity index (χ4v) is 2.51. The second kappa shape index (κ2) is 6.29. The number of hydrogen-bond acceptors (Lipinski definition) is 3. The minimum absolute atomic E-state index is 0.276. The van der Waals surface area contributed by atoms with Crippen molar-refractivity contribution in [2.45, 2.75) is 52.2 Å². The van der Waals surface area contributed by atoms with Crippen LogP contribution in [0.15, 0.2) is 18.2 Å². The summed E-state index contributed by atoms with van der Waals surface area (Å²) in [7, 11) is 0. The first-order valence-electron chi connectivity index (χ1n) is 7.38. The van der Waals surface area contributed by atoms with E-state index in [4.69, 9.17) is 10.5 Å². The lowest BCUT2D eigenvalue weighted by Crippen LogP contribution is -2.39. The molecule has 0 spiro atoms. The average molecular weight is 262 g/mol. The van der Waals surface area contributed by atoms with Crippen LogP contribution in [0, 0.1) is 6.92 Å². The van der Waals surface area contributed by atoms with Crippen LogP contribution in [0.2, 0.25) is 0 Å². The molecule has 1 aliphatic heterocycles. The molecule has 1 aromatic carbocycles. The molecule has 2 N–H and O–H groups in total. The van der Waals surface area contributed by atoms with Gasteiger partial charge in [0.05, 0.1) is 6.10 Å². The first kappa shape index (κ1) is 14.2. The Labute approximate surface area is 116 Å². The van der Waals surface area contributed by atoms with Gasteiger partial charge >= 0.3 is 0 Å². The van der Waals surface area contributed by atoms with Crippen LogP contribution in [0.1, 0.15) is 38.7 Å². The standard InChI is InChI=1S/C16H26N2O/c1-4-13(3)19-15-5-6-16(12(2)11-15)18-9-7-14(17)8-10-18/h5-6,11,13-14H,4,7-10,17H2,1-3H3. The molecular weight excluding hydrogens is 236 g/mol. The highest BCUT2D eigenvalue weighted by Crippen LogP contribution is 2.27. The van der Waals surface area contributed by atoms with Crippen molar-refractivity contribution in [1.82, 2.24) is 0 Å². The van der Waals surface area contributed by atoms with Crippen molar-refractivity contribution in [2.75, 3.05) is 18.0 Å². The molecule has 19 heavy (non-hydrogen) atoms. The lowest BCUT2D eigenvalue weighted by Gasteiger charge is -2.33. The summed E-state index contributed by atoms with van der Waals surface area (Å²) in [5, 5.41) is 0. The van der Waals surface area contributed by atoms with Gasteiger partial charge in [-0.1, -0.05) is 6.92 Å². The summed E-state index contributed by atoms with van der Waals surface area (Å²) < 4.78 is 5.87. The molecule has 1 unspecified atom stereocenters. The third kappa shape index (κ3) is 3.63. The van der Waals surface area contributed by atoms with Gasteiger partial charge in [-0.3, -0.25) is 0 Å². The Balaban J connectivity index is 2.06. The minimum Gasteiger partial charge on any atom is -0.491 e. The molecule has 0 saturated carbocycles. The van der Waals surface area contributed by atoms with E-state index in [1.807, 2.05) is 0 Å². The molecule has 0 amide bonds. The highest BCUT2D eigenvalue weighted by molar-refractivity contribution is 5.56. The molecule has 0 aliphatic carbocycles. The molecule has 2 rings (SSSR count). The number of rotatable bonds is 4. The van der Waals surface area contributed by atoms with Crippen LogP contribution >= 0.6 is 0 Å². The van der Waals surface area contributed by atoms with Crippen molar-refractivity contribution in [3.05, 3.63) is 23.8 Å². The normalized spacial score (nSPS) is 18.4. The molecule has 0 radical (unpaired) electrons. The predicted octanol–water partition coefficient (Wildman–Crippen LogP) is 3.10. The predicted molar refractivity (Wildman–Crippen MR) is 81.0 cm³/mol. The number of nitrogens with zero attached hydrogens (tertiary/aromatic N) is 1. The van der Waals surface area contributed by atoms with Crippen LogP contribution in [-0.4, -0.2) is 25.2 Å². The van der Waals surface area contributed by atoms with E-state index < -0.39 is 0 Å². The van der Waals surface area contributed by atoms with E-state index in [1.54, 1.807) is 0 Å². The quantitative estimate of drug-likeness (QED) is 0.906. The molecule has 1 fully saturated rings. The fourth-order valence-electron chi connectivity index (χ4n) is 2.51. The molecule has 3 nitrogen and oxygen atoms in total. The minimum atomic E-state index is 0.276. The van der Waals surface area contributed by atoms with Gasteiger partial charge < -0.3 is 15.4 Å². The molecule has 1 heterocycles. The van der Waals surface area contributed by atoms with E-state index in [1.165, 1.54) is 11.3 Å². The van der Waals surface area contributed by atoms with Crippen molar-refractivity contribution in [1.29, 1.82) is 0 Å².